The van der Waals surface area contributed by atoms with Gasteiger partial charge in [-0.3, -0.25) is 38.4 Å². The summed E-state index contributed by atoms with van der Waals surface area (Å²) in [5, 5.41) is 0. The summed E-state index contributed by atoms with van der Waals surface area (Å²) < 4.78 is 35.5. The zero-order valence-corrected chi connectivity index (χ0v) is 64.0. The molecule has 6 fully saturated rings. The van der Waals surface area contributed by atoms with Crippen LogP contribution in [-0.2, 0) is 76.3 Å². The van der Waals surface area contributed by atoms with Crippen molar-refractivity contribution in [3.05, 3.63) is 150 Å². The minimum atomic E-state index is -0.264. The number of carbonyl (C=O) groups excluding carboxylic acids is 8. The highest BCUT2D eigenvalue weighted by molar-refractivity contribution is 5.68. The van der Waals surface area contributed by atoms with Crippen molar-refractivity contribution in [2.24, 2.45) is 23.7 Å². The van der Waals surface area contributed by atoms with Gasteiger partial charge in [0.25, 0.3) is 0 Å². The molecule has 16 nitrogen and oxygen atoms in total. The summed E-state index contributed by atoms with van der Waals surface area (Å²) in [6, 6.07) is 0. The molecule has 572 valence electrons. The maximum Gasteiger partial charge on any atom is 0.302 e. The molecule has 16 heteroatoms. The van der Waals surface area contributed by atoms with Gasteiger partial charge in [-0.25, -0.2) is 0 Å². The van der Waals surface area contributed by atoms with Crippen molar-refractivity contribution in [1.82, 2.24) is 0 Å². The second-order valence-corrected chi connectivity index (χ2v) is 24.1. The van der Waals surface area contributed by atoms with Gasteiger partial charge in [-0.15, -0.1) is 0 Å². The molecule has 0 aromatic rings. The Morgan fingerprint density at radius 3 is 0.470 bits per heavy atom. The van der Waals surface area contributed by atoms with Crippen molar-refractivity contribution < 1.29 is 76.3 Å². The van der Waals surface area contributed by atoms with Crippen LogP contribution in [0.2, 0.25) is 0 Å². The van der Waals surface area contributed by atoms with E-state index in [9.17, 15) is 38.4 Å². The van der Waals surface area contributed by atoms with Crippen molar-refractivity contribution >= 4 is 47.8 Å². The summed E-state index contributed by atoms with van der Waals surface area (Å²) in [7, 11) is 0. The Kier molecular flexibility index (Phi) is 90.9. The van der Waals surface area contributed by atoms with Gasteiger partial charge in [-0.05, 0) is 107 Å². The summed E-state index contributed by atoms with van der Waals surface area (Å²) in [5.41, 5.74) is 0. The SMILES string of the molecule is C1=CC2CCC1C2.C1=CCC1.C1=CCCC1.C1=CCCCC1.C1CC2CCC1C2.C1CCC1.C1CCCC1.C1CCCCC1.C=CCOC(C)=O.C=CCOC(C)=O.C=CCOC(C)=O.C=CCOC(C)=O.C=CCOC(C)=O.C=CCOC(C)=O.C=CCOC(C)=O.C=CCOC(C)=O. The monoisotopic (exact) mass is 1410 g/mol. The van der Waals surface area contributed by atoms with E-state index in [4.69, 9.17) is 0 Å². The zero-order chi connectivity index (χ0) is 76.2. The van der Waals surface area contributed by atoms with Crippen LogP contribution in [0.1, 0.15) is 261 Å². The third kappa shape index (κ3) is 107. The number of esters is 8. The molecule has 0 N–H and O–H groups in total. The van der Waals surface area contributed by atoms with E-state index in [1.165, 1.54) is 289 Å². The lowest BCUT2D eigenvalue weighted by atomic mass is 10.0. The van der Waals surface area contributed by atoms with E-state index in [1.54, 1.807) is 32.1 Å². The largest absolute Gasteiger partial charge is 0.462 e. The van der Waals surface area contributed by atoms with E-state index < -0.39 is 0 Å². The average Bonchev–Trinajstić information content (AvgIpc) is 1.75. The van der Waals surface area contributed by atoms with E-state index in [-0.39, 0.29) is 47.8 Å². The Morgan fingerprint density at radius 2 is 0.410 bits per heavy atom. The fourth-order valence-electron chi connectivity index (χ4n) is 9.01. The van der Waals surface area contributed by atoms with Crippen LogP contribution in [0.15, 0.2) is 150 Å². The molecule has 2 atom stereocenters. The Morgan fingerprint density at radius 1 is 0.250 bits per heavy atom. The van der Waals surface area contributed by atoms with Gasteiger partial charge < -0.3 is 37.9 Å². The third-order valence-corrected chi connectivity index (χ3v) is 14.5. The smallest absolute Gasteiger partial charge is 0.302 e. The molecular weight excluding hydrogens is 1260 g/mol. The first kappa shape index (κ1) is 104. The molecule has 0 saturated heterocycles. The molecule has 6 saturated carbocycles. The van der Waals surface area contributed by atoms with Crippen LogP contribution >= 0.6 is 0 Å². The summed E-state index contributed by atoms with van der Waals surface area (Å²) in [4.78, 5) is 79.5. The minimum Gasteiger partial charge on any atom is -0.462 e. The van der Waals surface area contributed by atoms with Crippen molar-refractivity contribution in [1.29, 1.82) is 0 Å². The van der Waals surface area contributed by atoms with Gasteiger partial charge in [0, 0.05) is 55.4 Å². The molecule has 0 aliphatic heterocycles. The van der Waals surface area contributed by atoms with Crippen molar-refractivity contribution in [2.45, 2.75) is 261 Å². The lowest BCUT2D eigenvalue weighted by Crippen LogP contribution is -1.96. The number of allylic oxidation sites excluding steroid dienone is 8. The van der Waals surface area contributed by atoms with Gasteiger partial charge in [-0.2, -0.15) is 0 Å². The first-order valence-corrected chi connectivity index (χ1v) is 36.6. The second-order valence-electron chi connectivity index (χ2n) is 24.1. The van der Waals surface area contributed by atoms with Crippen LogP contribution in [-0.4, -0.2) is 101 Å². The van der Waals surface area contributed by atoms with Crippen molar-refractivity contribution in [3.63, 3.8) is 0 Å². The molecule has 10 rings (SSSR count). The summed E-state index contributed by atoms with van der Waals surface area (Å²) in [6.07, 6.45) is 77.2. The molecule has 0 amide bonds. The van der Waals surface area contributed by atoms with Crippen LogP contribution in [0.4, 0.5) is 0 Å². The predicted octanol–water partition coefficient (Wildman–Crippen LogP) is 21.1. The first-order valence-electron chi connectivity index (χ1n) is 36.6. The molecule has 10 aliphatic rings. The van der Waals surface area contributed by atoms with E-state index in [0.29, 0.717) is 52.9 Å². The van der Waals surface area contributed by atoms with Gasteiger partial charge in [0.2, 0.25) is 0 Å². The van der Waals surface area contributed by atoms with E-state index in [1.807, 2.05) is 0 Å². The zero-order valence-electron chi connectivity index (χ0n) is 64.0. The Balaban J connectivity index is -0.000000236. The molecule has 100 heavy (non-hydrogen) atoms. The lowest BCUT2D eigenvalue weighted by molar-refractivity contribution is -0.140. The summed E-state index contributed by atoms with van der Waals surface area (Å²) in [5.74, 6) is 2.21. The third-order valence-electron chi connectivity index (χ3n) is 14.5. The summed E-state index contributed by atoms with van der Waals surface area (Å²) in [6.45, 7) is 40.3. The topological polar surface area (TPSA) is 210 Å². The van der Waals surface area contributed by atoms with Crippen LogP contribution < -0.4 is 0 Å². The van der Waals surface area contributed by atoms with Crippen molar-refractivity contribution in [3.8, 4) is 0 Å². The van der Waals surface area contributed by atoms with Crippen molar-refractivity contribution in [2.75, 3.05) is 52.9 Å². The highest BCUT2D eigenvalue weighted by Crippen LogP contribution is 2.44. The minimum absolute atomic E-state index is 0.264. The number of fused-ring (bicyclic) bond motifs is 4. The highest BCUT2D eigenvalue weighted by atomic mass is 16.6. The number of hydrogen-bond donors (Lipinski definition) is 0. The average molecular weight is 1410 g/mol. The Bertz CT molecular complexity index is 1850. The van der Waals surface area contributed by atoms with Gasteiger partial charge >= 0.3 is 47.8 Å². The number of ether oxygens (including phenoxy) is 8. The molecular formula is C84H140O16. The van der Waals surface area contributed by atoms with E-state index in [0.717, 1.165) is 11.8 Å². The molecule has 10 aliphatic carbocycles. The van der Waals surface area contributed by atoms with Gasteiger partial charge in [0.15, 0.2) is 0 Å². The summed E-state index contributed by atoms with van der Waals surface area (Å²) >= 11 is 0. The fourth-order valence-corrected chi connectivity index (χ4v) is 9.01. The number of rotatable bonds is 16. The predicted molar refractivity (Wildman–Crippen MR) is 413 cm³/mol. The molecule has 0 aromatic heterocycles. The highest BCUT2D eigenvalue weighted by Gasteiger charge is 2.30. The van der Waals surface area contributed by atoms with Gasteiger partial charge in [0.05, 0.1) is 0 Å². The molecule has 0 heterocycles. The standard InChI is InChI=1S/C7H12.C7H10.C6H12.C6H10.8C5H8O2.C5H10.C5H8.C4H8.C4H6/c2*1-2-7-4-3-6(1)5-7;2*1-2-4-6-5-3-1;8*1-3-4-7-5(2)6;2*1-2-4-5-3-1;2*1-2-4-3-1/h6-7H,1-5H2;1-2,6-7H,3-5H2;1-6H2;1-2H,3-6H2;8*3H,1,4H2,2H3;1-5H2;1-2H,3-5H2;1-4H2;1-2H,3-4H2. The normalized spacial score (nSPS) is 17.5. The molecule has 0 spiro atoms. The molecule has 2 unspecified atom stereocenters. The maximum atomic E-state index is 9.93. The maximum absolute atomic E-state index is 9.93. The molecule has 0 radical (unpaired) electrons. The van der Waals surface area contributed by atoms with Crippen LogP contribution in [0, 0.1) is 23.7 Å². The number of carbonyl (C=O) groups is 8. The first-order chi connectivity index (χ1) is 48.1. The Labute approximate surface area is 608 Å². The van der Waals surface area contributed by atoms with E-state index >= 15 is 0 Å². The quantitative estimate of drug-likeness (QED) is 0.0799. The van der Waals surface area contributed by atoms with Crippen LogP contribution in [0.3, 0.4) is 0 Å². The molecule has 0 aromatic carbocycles. The van der Waals surface area contributed by atoms with Crippen LogP contribution in [0.5, 0.6) is 0 Å². The van der Waals surface area contributed by atoms with Gasteiger partial charge in [-0.1, -0.05) is 272 Å². The molecule has 4 bridgehead atoms. The lowest BCUT2D eigenvalue weighted by Gasteiger charge is -2.05. The van der Waals surface area contributed by atoms with Crippen LogP contribution in [0.25, 0.3) is 0 Å². The van der Waals surface area contributed by atoms with Gasteiger partial charge in [0.1, 0.15) is 52.9 Å². The van der Waals surface area contributed by atoms with E-state index in [2.05, 4.69) is 139 Å². The second kappa shape index (κ2) is 87.7. The number of hydrogen-bond acceptors (Lipinski definition) is 16. The fraction of sp³-hybridized carbons (Fsp3) is 0.619. The Hall–Kier alpha value is -7.36.